The van der Waals surface area contributed by atoms with Crippen molar-refractivity contribution in [1.29, 1.82) is 0 Å². The number of nitrogens with one attached hydrogen (secondary N) is 3. The zero-order valence-corrected chi connectivity index (χ0v) is 21.9. The van der Waals surface area contributed by atoms with Crippen molar-refractivity contribution in [2.24, 2.45) is 0 Å². The van der Waals surface area contributed by atoms with Crippen LogP contribution in [0.5, 0.6) is 0 Å². The molecule has 0 saturated carbocycles. The van der Waals surface area contributed by atoms with Crippen molar-refractivity contribution >= 4 is 34.0 Å². The van der Waals surface area contributed by atoms with Crippen LogP contribution in [0.1, 0.15) is 41.4 Å². The van der Waals surface area contributed by atoms with Crippen molar-refractivity contribution in [3.63, 3.8) is 0 Å². The van der Waals surface area contributed by atoms with E-state index in [1.54, 1.807) is 13.1 Å². The number of quaternary nitrogens is 1. The maximum Gasteiger partial charge on any atom is 0.329 e. The number of aliphatic hydroxyl groups excluding tert-OH is 2. The highest BCUT2D eigenvalue weighted by Crippen LogP contribution is 2.35. The van der Waals surface area contributed by atoms with Crippen molar-refractivity contribution in [3.8, 4) is 0 Å². The SMILES string of the molecule is C[C@@H](NC(=O)[C@H](O)[C@@H](O)C(=O)N1CCc2ccccc2[C@@H]1c1csc(N)[nH+]1)c1ccc(N/C=C\C[NH3+])cc1. The maximum absolute atomic E-state index is 13.4. The standard InChI is InChI=1S/C27H32N6O4S/c1-16(17-7-9-19(10-8-17)30-13-4-12-28)31-25(36)23(34)24(35)26(37)33-14-11-18-5-2-3-6-20(18)22(33)21-15-38-27(29)32-21/h2-10,13,15-16,22-24,30,34-35H,11-12,14,28H2,1H3,(H2,29,32)(H,31,36)/p+2/b13-4-/t16-,22-,23-,24-/m1/s1. The van der Waals surface area contributed by atoms with Gasteiger partial charge in [-0.1, -0.05) is 47.7 Å². The third-order valence-corrected chi connectivity index (χ3v) is 7.29. The summed E-state index contributed by atoms with van der Waals surface area (Å²) in [7, 11) is 0. The number of amides is 2. The summed E-state index contributed by atoms with van der Waals surface area (Å²) >= 11 is 1.31. The van der Waals surface area contributed by atoms with Crippen LogP contribution in [0.25, 0.3) is 0 Å². The van der Waals surface area contributed by atoms with Crippen LogP contribution in [0.15, 0.2) is 66.2 Å². The molecule has 11 heteroatoms. The molecule has 3 aromatic rings. The Morgan fingerprint density at radius 2 is 1.95 bits per heavy atom. The molecule has 2 amide bonds. The number of carbonyl (C=O) groups is 2. The molecule has 2 heterocycles. The van der Waals surface area contributed by atoms with Crippen LogP contribution in [-0.4, -0.2) is 52.2 Å². The Hall–Kier alpha value is -3.77. The van der Waals surface area contributed by atoms with E-state index in [4.69, 9.17) is 5.73 Å². The second-order valence-electron chi connectivity index (χ2n) is 9.14. The van der Waals surface area contributed by atoms with Gasteiger partial charge >= 0.3 is 5.13 Å². The number of hydrogen-bond donors (Lipinski definition) is 6. The van der Waals surface area contributed by atoms with E-state index in [0.29, 0.717) is 30.3 Å². The molecule has 2 aromatic carbocycles. The van der Waals surface area contributed by atoms with E-state index in [1.165, 1.54) is 16.2 Å². The van der Waals surface area contributed by atoms with Gasteiger partial charge in [-0.25, -0.2) is 4.98 Å². The summed E-state index contributed by atoms with van der Waals surface area (Å²) < 4.78 is 0. The first-order valence-corrected chi connectivity index (χ1v) is 13.3. The molecule has 38 heavy (non-hydrogen) atoms. The lowest BCUT2D eigenvalue weighted by Crippen LogP contribution is -2.53. The van der Waals surface area contributed by atoms with E-state index < -0.39 is 36.1 Å². The Balaban J connectivity index is 1.44. The van der Waals surface area contributed by atoms with E-state index in [-0.39, 0.29) is 0 Å². The normalized spacial score (nSPS) is 17.5. The summed E-state index contributed by atoms with van der Waals surface area (Å²) in [5, 5.41) is 29.6. The molecular weight excluding hydrogens is 504 g/mol. The number of thiazole rings is 1. The van der Waals surface area contributed by atoms with Crippen LogP contribution in [0.3, 0.4) is 0 Å². The summed E-state index contributed by atoms with van der Waals surface area (Å²) in [6, 6.07) is 14.2. The van der Waals surface area contributed by atoms with Crippen LogP contribution in [0.2, 0.25) is 0 Å². The molecule has 1 aliphatic rings. The number of nitrogens with zero attached hydrogens (tertiary/aromatic N) is 1. The summed E-state index contributed by atoms with van der Waals surface area (Å²) in [5.74, 6) is -1.57. The molecule has 0 aliphatic carbocycles. The lowest BCUT2D eigenvalue weighted by molar-refractivity contribution is -0.371. The number of benzene rings is 2. The molecule has 0 unspecified atom stereocenters. The number of nitrogen functional groups attached to an aromatic ring is 1. The number of carbonyl (C=O) groups excluding carboxylic acids is 2. The van der Waals surface area contributed by atoms with Crippen molar-refractivity contribution in [1.82, 2.24) is 10.2 Å². The fraction of sp³-hybridized carbons (Fsp3) is 0.296. The molecule has 10 N–H and O–H groups in total. The molecule has 1 aromatic heterocycles. The van der Waals surface area contributed by atoms with Gasteiger partial charge in [0, 0.05) is 23.8 Å². The number of hydrogen-bond acceptors (Lipinski definition) is 7. The van der Waals surface area contributed by atoms with Crippen LogP contribution in [0.4, 0.5) is 10.8 Å². The number of aliphatic hydroxyl groups is 2. The van der Waals surface area contributed by atoms with Crippen molar-refractivity contribution < 1.29 is 30.5 Å². The fourth-order valence-electron chi connectivity index (χ4n) is 4.54. The van der Waals surface area contributed by atoms with Crippen molar-refractivity contribution in [2.75, 3.05) is 24.1 Å². The molecule has 10 nitrogen and oxygen atoms in total. The van der Waals surface area contributed by atoms with Crippen LogP contribution < -0.4 is 27.1 Å². The molecule has 4 rings (SSSR count). The predicted octanol–water partition coefficient (Wildman–Crippen LogP) is 0.385. The molecule has 0 spiro atoms. The van der Waals surface area contributed by atoms with Crippen LogP contribution in [-0.2, 0) is 16.0 Å². The van der Waals surface area contributed by atoms with Gasteiger partial charge in [0.15, 0.2) is 12.2 Å². The molecule has 0 radical (unpaired) electrons. The van der Waals surface area contributed by atoms with E-state index in [9.17, 15) is 19.8 Å². The summed E-state index contributed by atoms with van der Waals surface area (Å²) in [5.41, 5.74) is 14.0. The topological polar surface area (TPSA) is 170 Å². The number of anilines is 2. The monoisotopic (exact) mass is 538 g/mol. The minimum Gasteiger partial charge on any atom is -0.380 e. The van der Waals surface area contributed by atoms with E-state index >= 15 is 0 Å². The summed E-state index contributed by atoms with van der Waals surface area (Å²) in [6.45, 7) is 2.76. The first-order valence-electron chi connectivity index (χ1n) is 12.4. The number of nitrogens with two attached hydrogens (primary N) is 1. The number of rotatable bonds is 9. The number of fused-ring (bicyclic) bond motifs is 1. The smallest absolute Gasteiger partial charge is 0.329 e. The number of aromatic nitrogens is 1. The van der Waals surface area contributed by atoms with Gasteiger partial charge in [-0.05, 0) is 48.2 Å². The van der Waals surface area contributed by atoms with E-state index in [1.807, 2.05) is 60.0 Å². The van der Waals surface area contributed by atoms with Crippen LogP contribution >= 0.6 is 11.3 Å². The maximum atomic E-state index is 13.4. The lowest BCUT2D eigenvalue weighted by atomic mass is 9.90. The molecule has 0 bridgehead atoms. The minimum atomic E-state index is -1.94. The Morgan fingerprint density at radius 3 is 2.63 bits per heavy atom. The highest BCUT2D eigenvalue weighted by atomic mass is 32.1. The third kappa shape index (κ3) is 6.03. The number of aromatic amines is 1. The fourth-order valence-corrected chi connectivity index (χ4v) is 5.16. The quantitative estimate of drug-likeness (QED) is 0.230. The van der Waals surface area contributed by atoms with Gasteiger partial charge in [0.1, 0.15) is 11.7 Å². The van der Waals surface area contributed by atoms with E-state index in [2.05, 4.69) is 21.4 Å². The molecule has 4 atom stereocenters. The second-order valence-corrected chi connectivity index (χ2v) is 10.1. The van der Waals surface area contributed by atoms with Crippen molar-refractivity contribution in [2.45, 2.75) is 37.6 Å². The lowest BCUT2D eigenvalue weighted by Gasteiger charge is -2.37. The second kappa shape index (κ2) is 12.2. The molecule has 1 aliphatic heterocycles. The Kier molecular flexibility index (Phi) is 8.74. The Bertz CT molecular complexity index is 1290. The van der Waals surface area contributed by atoms with Gasteiger partial charge in [-0.2, -0.15) is 0 Å². The van der Waals surface area contributed by atoms with Gasteiger partial charge in [0.05, 0.1) is 12.6 Å². The third-order valence-electron chi connectivity index (χ3n) is 6.57. The van der Waals surface area contributed by atoms with Gasteiger partial charge in [0.2, 0.25) is 0 Å². The Morgan fingerprint density at radius 1 is 1.21 bits per heavy atom. The summed E-state index contributed by atoms with van der Waals surface area (Å²) in [4.78, 5) is 30.8. The summed E-state index contributed by atoms with van der Waals surface area (Å²) in [6.07, 6.45) is 0.410. The van der Waals surface area contributed by atoms with Gasteiger partial charge in [-0.15, -0.1) is 0 Å². The first kappa shape index (κ1) is 27.3. The Labute approximate surface area is 225 Å². The van der Waals surface area contributed by atoms with Gasteiger partial charge in [-0.3, -0.25) is 15.3 Å². The highest BCUT2D eigenvalue weighted by Gasteiger charge is 2.40. The molecule has 0 saturated heterocycles. The first-order chi connectivity index (χ1) is 18.3. The predicted molar refractivity (Wildman–Crippen MR) is 145 cm³/mol. The van der Waals surface area contributed by atoms with Crippen LogP contribution in [0, 0.1) is 0 Å². The van der Waals surface area contributed by atoms with Crippen molar-refractivity contribution in [3.05, 3.63) is 88.6 Å². The number of H-pyrrole nitrogens is 1. The van der Waals surface area contributed by atoms with E-state index in [0.717, 1.165) is 22.4 Å². The minimum absolute atomic E-state index is 0.316. The molecular formula is C27H34N6O4S+2. The zero-order valence-electron chi connectivity index (χ0n) is 21.1. The average Bonchev–Trinajstić information content (AvgIpc) is 3.37. The average molecular weight is 539 g/mol. The molecule has 0 fully saturated rings. The highest BCUT2D eigenvalue weighted by molar-refractivity contribution is 7.13. The van der Waals surface area contributed by atoms with Gasteiger partial charge < -0.3 is 31.5 Å². The molecule has 200 valence electrons. The zero-order chi connectivity index (χ0) is 27.2. The van der Waals surface area contributed by atoms with Gasteiger partial charge in [0.25, 0.3) is 11.8 Å². The largest absolute Gasteiger partial charge is 0.380 e.